The van der Waals surface area contributed by atoms with E-state index in [4.69, 9.17) is 9.68 Å². The minimum Gasteiger partial charge on any atom is -0.438 e. The predicted molar refractivity (Wildman–Crippen MR) is 51.0 cm³/mol. The van der Waals surface area contributed by atoms with E-state index in [0.29, 0.717) is 11.5 Å². The first-order valence-corrected chi connectivity index (χ1v) is 4.51. The lowest BCUT2D eigenvalue weighted by molar-refractivity contribution is 0.547. The smallest absolute Gasteiger partial charge is 0.209 e. The molecule has 13 heavy (non-hydrogen) atoms. The average molecular weight is 237 g/mol. The SMILES string of the molecule is N#CCc1nc2cccc(Br)c2o1. The number of nitriles is 1. The summed E-state index contributed by atoms with van der Waals surface area (Å²) < 4.78 is 6.22. The molecule has 0 atom stereocenters. The van der Waals surface area contributed by atoms with E-state index in [9.17, 15) is 0 Å². The van der Waals surface area contributed by atoms with Crippen LogP contribution < -0.4 is 0 Å². The molecule has 1 heterocycles. The third-order valence-electron chi connectivity index (χ3n) is 1.64. The molecular weight excluding hydrogens is 232 g/mol. The van der Waals surface area contributed by atoms with Gasteiger partial charge in [-0.25, -0.2) is 4.98 Å². The van der Waals surface area contributed by atoms with E-state index in [-0.39, 0.29) is 6.42 Å². The molecule has 4 heteroatoms. The Morgan fingerprint density at radius 2 is 2.38 bits per heavy atom. The quantitative estimate of drug-likeness (QED) is 0.765. The zero-order valence-corrected chi connectivity index (χ0v) is 8.21. The first-order chi connectivity index (χ1) is 6.31. The number of fused-ring (bicyclic) bond motifs is 1. The summed E-state index contributed by atoms with van der Waals surface area (Å²) in [5.41, 5.74) is 1.48. The summed E-state index contributed by atoms with van der Waals surface area (Å²) in [7, 11) is 0. The van der Waals surface area contributed by atoms with Gasteiger partial charge in [0.05, 0.1) is 10.5 Å². The Morgan fingerprint density at radius 3 is 3.08 bits per heavy atom. The van der Waals surface area contributed by atoms with Crippen LogP contribution in [0, 0.1) is 11.3 Å². The van der Waals surface area contributed by atoms with Crippen LogP contribution in [0.2, 0.25) is 0 Å². The van der Waals surface area contributed by atoms with Crippen LogP contribution in [0.1, 0.15) is 5.89 Å². The van der Waals surface area contributed by atoms with Crippen molar-refractivity contribution in [2.24, 2.45) is 0 Å². The number of rotatable bonds is 1. The van der Waals surface area contributed by atoms with E-state index < -0.39 is 0 Å². The lowest BCUT2D eigenvalue weighted by atomic mass is 10.3. The number of benzene rings is 1. The van der Waals surface area contributed by atoms with Gasteiger partial charge < -0.3 is 4.42 Å². The monoisotopic (exact) mass is 236 g/mol. The molecule has 0 bridgehead atoms. The van der Waals surface area contributed by atoms with Crippen molar-refractivity contribution in [3.05, 3.63) is 28.6 Å². The van der Waals surface area contributed by atoms with Gasteiger partial charge in [0.25, 0.3) is 0 Å². The molecule has 0 fully saturated rings. The van der Waals surface area contributed by atoms with E-state index in [1.807, 2.05) is 24.3 Å². The van der Waals surface area contributed by atoms with Crippen molar-refractivity contribution in [3.63, 3.8) is 0 Å². The number of hydrogen-bond acceptors (Lipinski definition) is 3. The highest BCUT2D eigenvalue weighted by Crippen LogP contribution is 2.24. The Kier molecular flexibility index (Phi) is 2.03. The molecule has 1 aromatic heterocycles. The Morgan fingerprint density at radius 1 is 1.54 bits per heavy atom. The number of nitrogens with zero attached hydrogens (tertiary/aromatic N) is 2. The zero-order chi connectivity index (χ0) is 9.26. The number of halogens is 1. The normalized spacial score (nSPS) is 10.2. The first-order valence-electron chi connectivity index (χ1n) is 3.72. The van der Waals surface area contributed by atoms with Crippen molar-refractivity contribution >= 4 is 27.0 Å². The summed E-state index contributed by atoms with van der Waals surface area (Å²) in [5, 5.41) is 8.45. The molecule has 0 N–H and O–H groups in total. The molecule has 0 aliphatic carbocycles. The summed E-state index contributed by atoms with van der Waals surface area (Å²) >= 11 is 3.34. The number of para-hydroxylation sites is 1. The maximum Gasteiger partial charge on any atom is 0.209 e. The molecule has 3 nitrogen and oxygen atoms in total. The molecule has 0 aliphatic rings. The fourth-order valence-corrected chi connectivity index (χ4v) is 1.54. The van der Waals surface area contributed by atoms with Gasteiger partial charge in [-0.1, -0.05) is 6.07 Å². The third kappa shape index (κ3) is 1.43. The van der Waals surface area contributed by atoms with Crippen molar-refractivity contribution in [3.8, 4) is 6.07 Å². The van der Waals surface area contributed by atoms with E-state index in [2.05, 4.69) is 20.9 Å². The molecule has 0 saturated heterocycles. The van der Waals surface area contributed by atoms with Crippen LogP contribution in [0.15, 0.2) is 27.1 Å². The molecule has 0 saturated carbocycles. The highest BCUT2D eigenvalue weighted by Gasteiger charge is 2.06. The summed E-state index contributed by atoms with van der Waals surface area (Å²) in [6.45, 7) is 0. The zero-order valence-electron chi connectivity index (χ0n) is 6.62. The Bertz CT molecular complexity index is 484. The van der Waals surface area contributed by atoms with Gasteiger partial charge in [-0.15, -0.1) is 0 Å². The summed E-state index contributed by atoms with van der Waals surface area (Å²) in [5.74, 6) is 0.462. The second-order valence-corrected chi connectivity index (χ2v) is 3.38. The van der Waals surface area contributed by atoms with Gasteiger partial charge in [-0.2, -0.15) is 5.26 Å². The molecule has 1 aromatic carbocycles. The minimum atomic E-state index is 0.209. The Hall–Kier alpha value is -1.34. The van der Waals surface area contributed by atoms with E-state index in [1.165, 1.54) is 0 Å². The van der Waals surface area contributed by atoms with E-state index in [0.717, 1.165) is 9.99 Å². The average Bonchev–Trinajstić information content (AvgIpc) is 2.49. The molecule has 0 aliphatic heterocycles. The highest BCUT2D eigenvalue weighted by molar-refractivity contribution is 9.10. The highest BCUT2D eigenvalue weighted by atomic mass is 79.9. The second-order valence-electron chi connectivity index (χ2n) is 2.53. The van der Waals surface area contributed by atoms with Crippen LogP contribution in [0.5, 0.6) is 0 Å². The van der Waals surface area contributed by atoms with Crippen LogP contribution in [-0.2, 0) is 6.42 Å². The molecule has 0 amide bonds. The summed E-state index contributed by atoms with van der Waals surface area (Å²) in [6.07, 6.45) is 0.209. The van der Waals surface area contributed by atoms with Crippen LogP contribution in [0.4, 0.5) is 0 Å². The van der Waals surface area contributed by atoms with Crippen molar-refractivity contribution in [2.45, 2.75) is 6.42 Å². The van der Waals surface area contributed by atoms with Crippen LogP contribution in [0.3, 0.4) is 0 Å². The molecule has 2 aromatic rings. The maximum absolute atomic E-state index is 8.45. The topological polar surface area (TPSA) is 49.8 Å². The third-order valence-corrected chi connectivity index (χ3v) is 2.27. The van der Waals surface area contributed by atoms with Gasteiger partial charge in [-0.3, -0.25) is 0 Å². The van der Waals surface area contributed by atoms with Crippen molar-refractivity contribution in [1.29, 1.82) is 5.26 Å². The fraction of sp³-hybridized carbons (Fsp3) is 0.111. The lowest BCUT2D eigenvalue weighted by Crippen LogP contribution is -1.77. The molecule has 0 radical (unpaired) electrons. The number of aromatic nitrogens is 1. The van der Waals surface area contributed by atoms with Crippen molar-refractivity contribution in [1.82, 2.24) is 4.98 Å². The van der Waals surface area contributed by atoms with Gasteiger partial charge in [0.15, 0.2) is 5.58 Å². The van der Waals surface area contributed by atoms with Gasteiger partial charge in [-0.05, 0) is 28.1 Å². The first kappa shape index (κ1) is 8.27. The minimum absolute atomic E-state index is 0.209. The van der Waals surface area contributed by atoms with E-state index >= 15 is 0 Å². The standard InChI is InChI=1S/C9H5BrN2O/c10-6-2-1-3-7-9(6)13-8(12-7)4-5-11/h1-3H,4H2. The fourth-order valence-electron chi connectivity index (χ4n) is 1.10. The van der Waals surface area contributed by atoms with Gasteiger partial charge in [0.1, 0.15) is 11.9 Å². The molecule has 0 unspecified atom stereocenters. The lowest BCUT2D eigenvalue weighted by Gasteiger charge is -1.87. The Balaban J connectivity index is 2.63. The molecule has 0 spiro atoms. The van der Waals surface area contributed by atoms with Crippen LogP contribution in [0.25, 0.3) is 11.1 Å². The summed E-state index contributed by atoms with van der Waals surface area (Å²) in [6, 6.07) is 7.60. The number of hydrogen-bond donors (Lipinski definition) is 0. The molecule has 64 valence electrons. The second kappa shape index (κ2) is 3.19. The van der Waals surface area contributed by atoms with Gasteiger partial charge in [0, 0.05) is 0 Å². The molecular formula is C9H5BrN2O. The van der Waals surface area contributed by atoms with E-state index in [1.54, 1.807) is 0 Å². The Labute approximate surface area is 83.1 Å². The predicted octanol–water partition coefficient (Wildman–Crippen LogP) is 2.66. The summed E-state index contributed by atoms with van der Waals surface area (Å²) in [4.78, 5) is 4.14. The maximum atomic E-state index is 8.45. The number of oxazole rings is 1. The molecule has 2 rings (SSSR count). The van der Waals surface area contributed by atoms with Gasteiger partial charge >= 0.3 is 0 Å². The van der Waals surface area contributed by atoms with Crippen molar-refractivity contribution in [2.75, 3.05) is 0 Å². The van der Waals surface area contributed by atoms with Gasteiger partial charge in [0.2, 0.25) is 5.89 Å². The largest absolute Gasteiger partial charge is 0.438 e. The van der Waals surface area contributed by atoms with Crippen LogP contribution in [-0.4, -0.2) is 4.98 Å². The van der Waals surface area contributed by atoms with Crippen molar-refractivity contribution < 1.29 is 4.42 Å². The van der Waals surface area contributed by atoms with Crippen LogP contribution >= 0.6 is 15.9 Å².